The molecule has 0 radical (unpaired) electrons. The zero-order chi connectivity index (χ0) is 13.3. The van der Waals surface area contributed by atoms with Crippen molar-refractivity contribution in [2.45, 2.75) is 21.3 Å². The number of rotatable bonds is 3. The lowest BCUT2D eigenvalue weighted by Gasteiger charge is -2.16. The highest BCUT2D eigenvalue weighted by Gasteiger charge is 2.36. The van der Waals surface area contributed by atoms with Crippen LogP contribution in [0.25, 0.3) is 0 Å². The van der Waals surface area contributed by atoms with Gasteiger partial charge in [-0.15, -0.1) is 0 Å². The third kappa shape index (κ3) is 4.81. The van der Waals surface area contributed by atoms with Crippen LogP contribution in [0.3, 0.4) is 0 Å². The van der Waals surface area contributed by atoms with E-state index in [1.807, 2.05) is 15.9 Å². The van der Waals surface area contributed by atoms with E-state index in [-0.39, 0.29) is 22.2 Å². The van der Waals surface area contributed by atoms with E-state index in [2.05, 4.69) is 0 Å². The Kier molecular flexibility index (Phi) is 4.43. The molecular weight excluding hydrogens is 331 g/mol. The van der Waals surface area contributed by atoms with Crippen molar-refractivity contribution >= 4 is 27.7 Å². The second-order valence-electron chi connectivity index (χ2n) is 3.06. The van der Waals surface area contributed by atoms with E-state index < -0.39 is 16.4 Å². The van der Waals surface area contributed by atoms with Gasteiger partial charge in [0, 0.05) is 4.90 Å². The summed E-state index contributed by atoms with van der Waals surface area (Å²) in [5, 5.41) is 9.15. The number of hydrogen-bond acceptors (Lipinski definition) is 2. The normalized spacial score (nSPS) is 14.8. The molecule has 1 aromatic carbocycles. The van der Waals surface area contributed by atoms with Crippen LogP contribution in [0.4, 0.5) is 22.0 Å². The molecular formula is C9H6BrF5OS. The Morgan fingerprint density at radius 1 is 1.06 bits per heavy atom. The van der Waals surface area contributed by atoms with E-state index in [0.29, 0.717) is 0 Å². The maximum atomic E-state index is 12.7. The Bertz CT molecular complexity index is 372. The molecule has 1 N–H and O–H groups in total. The van der Waals surface area contributed by atoms with Crippen molar-refractivity contribution in [1.82, 2.24) is 0 Å². The van der Waals surface area contributed by atoms with Gasteiger partial charge in [0.05, 0.1) is 0 Å². The minimum absolute atomic E-state index is 0.133. The highest BCUT2D eigenvalue weighted by Crippen LogP contribution is 2.39. The van der Waals surface area contributed by atoms with Gasteiger partial charge in [-0.2, -0.15) is 22.0 Å². The van der Waals surface area contributed by atoms with E-state index in [1.54, 1.807) is 0 Å². The maximum absolute atomic E-state index is 12.7. The fraction of sp³-hybridized carbons (Fsp3) is 0.333. The van der Waals surface area contributed by atoms with Gasteiger partial charge in [-0.1, -0.05) is 12.1 Å². The Morgan fingerprint density at radius 3 is 1.88 bits per heavy atom. The quantitative estimate of drug-likeness (QED) is 0.504. The first-order valence-corrected chi connectivity index (χ1v) is 5.81. The molecule has 1 rings (SSSR count). The molecule has 0 fully saturated rings. The van der Waals surface area contributed by atoms with Gasteiger partial charge in [-0.25, -0.2) is 0 Å². The van der Waals surface area contributed by atoms with Gasteiger partial charge in [0.2, 0.25) is 0 Å². The number of benzene rings is 1. The average molecular weight is 337 g/mol. The summed E-state index contributed by atoms with van der Waals surface area (Å²) in [6, 6.07) is 4.09. The summed E-state index contributed by atoms with van der Waals surface area (Å²) in [6.07, 6.45) is -2.10. The van der Waals surface area contributed by atoms with Crippen LogP contribution in [0, 0.1) is 0 Å². The van der Waals surface area contributed by atoms with Crippen LogP contribution in [0.1, 0.15) is 11.7 Å². The molecule has 0 saturated heterocycles. The molecule has 0 bridgehead atoms. The molecule has 1 unspecified atom stereocenters. The van der Waals surface area contributed by atoms with E-state index in [9.17, 15) is 22.0 Å². The van der Waals surface area contributed by atoms with Crippen molar-refractivity contribution in [3.05, 3.63) is 29.8 Å². The minimum Gasteiger partial charge on any atom is -0.381 e. The third-order valence-corrected chi connectivity index (χ3v) is 2.91. The molecule has 1 nitrogen and oxygen atoms in total. The Hall–Kier alpha value is -0.340. The lowest BCUT2D eigenvalue weighted by molar-refractivity contribution is -0.0329. The van der Waals surface area contributed by atoms with E-state index >= 15 is 0 Å². The largest absolute Gasteiger partial charge is 0.446 e. The smallest absolute Gasteiger partial charge is 0.381 e. The summed E-state index contributed by atoms with van der Waals surface area (Å²) < 4.78 is 61.2. The van der Waals surface area contributed by atoms with Crippen LogP contribution in [-0.2, 0) is 0 Å². The van der Waals surface area contributed by atoms with Crippen LogP contribution in [0.5, 0.6) is 0 Å². The van der Waals surface area contributed by atoms with E-state index in [1.165, 1.54) is 0 Å². The Morgan fingerprint density at radius 2 is 1.53 bits per heavy atom. The van der Waals surface area contributed by atoms with Crippen LogP contribution >= 0.6 is 27.7 Å². The first-order chi connectivity index (χ1) is 7.59. The fourth-order valence-electron chi connectivity index (χ4n) is 1.04. The molecule has 8 heteroatoms. The molecule has 0 aliphatic carbocycles. The zero-order valence-corrected chi connectivity index (χ0v) is 10.4. The van der Waals surface area contributed by atoms with Crippen molar-refractivity contribution in [1.29, 1.82) is 0 Å². The number of aliphatic hydroxyl groups is 1. The summed E-state index contributed by atoms with van der Waals surface area (Å²) in [4.78, 5) is -3.66. The van der Waals surface area contributed by atoms with Crippen molar-refractivity contribution in [3.8, 4) is 0 Å². The monoisotopic (exact) mass is 336 g/mol. The first-order valence-electron chi connectivity index (χ1n) is 4.20. The van der Waals surface area contributed by atoms with Crippen LogP contribution in [0.15, 0.2) is 29.2 Å². The van der Waals surface area contributed by atoms with E-state index in [0.717, 1.165) is 24.3 Å². The second kappa shape index (κ2) is 5.11. The van der Waals surface area contributed by atoms with Gasteiger partial charge in [0.1, 0.15) is 0 Å². The number of thioether (sulfide) groups is 1. The zero-order valence-electron chi connectivity index (χ0n) is 8.01. The molecule has 96 valence electrons. The fourth-order valence-corrected chi connectivity index (χ4v) is 1.84. The second-order valence-corrected chi connectivity index (χ2v) is 5.26. The standard InChI is InChI=1S/C9H6BrF5OS/c10-8(11,12)7(16)5-1-3-6(4-2-5)17-9(13,14)15/h1-4,7,16H. The third-order valence-electron chi connectivity index (χ3n) is 1.74. The van der Waals surface area contributed by atoms with E-state index in [4.69, 9.17) is 5.11 Å². The first kappa shape index (κ1) is 14.7. The van der Waals surface area contributed by atoms with Crippen molar-refractivity contribution in [2.24, 2.45) is 0 Å². The minimum atomic E-state index is -4.43. The predicted molar refractivity (Wildman–Crippen MR) is 57.2 cm³/mol. The highest BCUT2D eigenvalue weighted by atomic mass is 79.9. The topological polar surface area (TPSA) is 20.2 Å². The van der Waals surface area contributed by atoms with Crippen molar-refractivity contribution in [2.75, 3.05) is 0 Å². The summed E-state index contributed by atoms with van der Waals surface area (Å²) in [6.45, 7) is 0. The summed E-state index contributed by atoms with van der Waals surface area (Å²) in [5.41, 5.74) is -4.60. The maximum Gasteiger partial charge on any atom is 0.446 e. The van der Waals surface area contributed by atoms with Crippen LogP contribution in [0.2, 0.25) is 0 Å². The molecule has 0 spiro atoms. The number of hydrogen-bond donors (Lipinski definition) is 1. The average Bonchev–Trinajstić information content (AvgIpc) is 2.14. The summed E-state index contributed by atoms with van der Waals surface area (Å²) >= 11 is 1.63. The number of aliphatic hydroxyl groups excluding tert-OH is 1. The van der Waals surface area contributed by atoms with Gasteiger partial charge in [-0.05, 0) is 45.4 Å². The van der Waals surface area contributed by atoms with Crippen LogP contribution < -0.4 is 0 Å². The SMILES string of the molecule is OC(c1ccc(SC(F)(F)F)cc1)C(F)(F)Br. The van der Waals surface area contributed by atoms with Gasteiger partial charge >= 0.3 is 10.3 Å². The molecule has 0 heterocycles. The van der Waals surface area contributed by atoms with Gasteiger partial charge in [0.25, 0.3) is 0 Å². The lowest BCUT2D eigenvalue weighted by Crippen LogP contribution is -2.18. The molecule has 1 atom stereocenters. The van der Waals surface area contributed by atoms with Crippen molar-refractivity contribution in [3.63, 3.8) is 0 Å². The summed E-state index contributed by atoms with van der Waals surface area (Å²) in [5.74, 6) is 0. The molecule has 0 aliphatic heterocycles. The predicted octanol–water partition coefficient (Wildman–Crippen LogP) is 4.32. The molecule has 17 heavy (non-hydrogen) atoms. The summed E-state index contributed by atoms with van der Waals surface area (Å²) in [7, 11) is 0. The molecule has 0 saturated carbocycles. The van der Waals surface area contributed by atoms with Gasteiger partial charge in [-0.3, -0.25) is 0 Å². The Balaban J connectivity index is 2.82. The lowest BCUT2D eigenvalue weighted by atomic mass is 10.1. The molecule has 0 aromatic heterocycles. The molecule has 0 amide bonds. The Labute approximate surface area is 106 Å². The van der Waals surface area contributed by atoms with Gasteiger partial charge < -0.3 is 5.11 Å². The number of halogens is 6. The van der Waals surface area contributed by atoms with Gasteiger partial charge in [0.15, 0.2) is 6.10 Å². The van der Waals surface area contributed by atoms with Crippen molar-refractivity contribution < 1.29 is 27.1 Å². The molecule has 1 aromatic rings. The highest BCUT2D eigenvalue weighted by molar-refractivity contribution is 9.10. The molecule has 0 aliphatic rings. The number of alkyl halides is 6. The van der Waals surface area contributed by atoms with Crippen LogP contribution in [-0.4, -0.2) is 15.4 Å².